The zero-order valence-corrected chi connectivity index (χ0v) is 21.7. The summed E-state index contributed by atoms with van der Waals surface area (Å²) in [6.45, 7) is 6.40. The fourth-order valence-corrected chi connectivity index (χ4v) is 5.86. The Kier molecular flexibility index (Phi) is 8.32. The maximum atomic E-state index is 12.8. The van der Waals surface area contributed by atoms with Crippen molar-refractivity contribution < 1.29 is 13.2 Å². The quantitative estimate of drug-likeness (QED) is 0.470. The van der Waals surface area contributed by atoms with Gasteiger partial charge >= 0.3 is 0 Å². The van der Waals surface area contributed by atoms with Crippen LogP contribution in [0.1, 0.15) is 49.9 Å². The van der Waals surface area contributed by atoms with Gasteiger partial charge in [-0.25, -0.2) is 8.42 Å². The molecular formula is C27H33N5O3S. The van der Waals surface area contributed by atoms with Crippen LogP contribution in [0.5, 0.6) is 0 Å². The lowest BCUT2D eigenvalue weighted by atomic mass is 10.1. The molecule has 1 fully saturated rings. The Bertz CT molecular complexity index is 1270. The first-order chi connectivity index (χ1) is 17.4. The number of hydrogen-bond acceptors (Lipinski definition) is 6. The van der Waals surface area contributed by atoms with Gasteiger partial charge in [-0.15, -0.1) is 10.2 Å². The molecule has 1 aromatic heterocycles. The number of rotatable bonds is 8. The van der Waals surface area contributed by atoms with Crippen molar-refractivity contribution in [2.24, 2.45) is 0 Å². The molecule has 3 aromatic rings. The molecule has 0 aliphatic carbocycles. The van der Waals surface area contributed by atoms with Gasteiger partial charge in [-0.05, 0) is 61.4 Å². The van der Waals surface area contributed by atoms with Crippen molar-refractivity contribution in [1.29, 1.82) is 0 Å². The van der Waals surface area contributed by atoms with E-state index in [0.717, 1.165) is 30.2 Å². The second kappa shape index (κ2) is 11.6. The van der Waals surface area contributed by atoms with Crippen LogP contribution < -0.4 is 10.2 Å². The zero-order chi connectivity index (χ0) is 25.5. The van der Waals surface area contributed by atoms with Crippen LogP contribution in [-0.4, -0.2) is 55.0 Å². The van der Waals surface area contributed by atoms with Crippen molar-refractivity contribution in [2.45, 2.75) is 44.4 Å². The van der Waals surface area contributed by atoms with Gasteiger partial charge in [0, 0.05) is 43.0 Å². The van der Waals surface area contributed by atoms with Crippen LogP contribution in [0, 0.1) is 0 Å². The summed E-state index contributed by atoms with van der Waals surface area (Å²) in [6, 6.07) is 17.4. The second-order valence-corrected chi connectivity index (χ2v) is 10.8. The topological polar surface area (TPSA) is 95.5 Å². The average molecular weight is 508 g/mol. The summed E-state index contributed by atoms with van der Waals surface area (Å²) in [4.78, 5) is 15.3. The van der Waals surface area contributed by atoms with E-state index in [4.69, 9.17) is 0 Å². The van der Waals surface area contributed by atoms with Crippen LogP contribution in [0.2, 0.25) is 0 Å². The van der Waals surface area contributed by atoms with E-state index in [1.54, 1.807) is 19.9 Å². The van der Waals surface area contributed by atoms with Crippen molar-refractivity contribution in [3.8, 4) is 11.3 Å². The third-order valence-electron chi connectivity index (χ3n) is 6.46. The van der Waals surface area contributed by atoms with E-state index < -0.39 is 10.0 Å². The third-order valence-corrected chi connectivity index (χ3v) is 8.52. The zero-order valence-electron chi connectivity index (χ0n) is 20.9. The first kappa shape index (κ1) is 25.8. The molecule has 190 valence electrons. The first-order valence-corrected chi connectivity index (χ1v) is 14.0. The smallest absolute Gasteiger partial charge is 0.255 e. The highest BCUT2D eigenvalue weighted by molar-refractivity contribution is 7.89. The van der Waals surface area contributed by atoms with Crippen molar-refractivity contribution >= 4 is 27.4 Å². The molecule has 0 unspecified atom stereocenters. The Morgan fingerprint density at radius 2 is 1.61 bits per heavy atom. The lowest BCUT2D eigenvalue weighted by Gasteiger charge is -2.20. The number of carbonyl (C=O) groups excluding carboxylic acids is 1. The maximum absolute atomic E-state index is 12.8. The van der Waals surface area contributed by atoms with Crippen LogP contribution in [0.25, 0.3) is 11.3 Å². The van der Waals surface area contributed by atoms with Gasteiger partial charge in [0.25, 0.3) is 5.91 Å². The third kappa shape index (κ3) is 5.91. The van der Waals surface area contributed by atoms with E-state index in [2.05, 4.69) is 20.4 Å². The highest BCUT2D eigenvalue weighted by atomic mass is 32.2. The number of aromatic nitrogens is 2. The SMILES string of the molecule is CCN(CC)S(=O)(=O)c1ccc(C(=O)Nc2cccc(-c3ccc(N4CCCCCC4)nn3)c2)cc1. The van der Waals surface area contributed by atoms with Crippen LogP contribution in [0.15, 0.2) is 65.6 Å². The predicted octanol–water partition coefficient (Wildman–Crippen LogP) is 4.81. The molecule has 9 heteroatoms. The van der Waals surface area contributed by atoms with Gasteiger partial charge in [-0.2, -0.15) is 4.31 Å². The number of benzene rings is 2. The molecular weight excluding hydrogens is 474 g/mol. The number of anilines is 2. The summed E-state index contributed by atoms with van der Waals surface area (Å²) >= 11 is 0. The lowest BCUT2D eigenvalue weighted by molar-refractivity contribution is 0.102. The standard InChI is InChI=1S/C27H33N5O3S/c1-3-32(4-2)36(34,35)24-14-12-21(13-15-24)27(33)28-23-11-9-10-22(20-23)25-16-17-26(30-29-25)31-18-7-5-6-8-19-31/h9-17,20H,3-8,18-19H2,1-2H3,(H,28,33). The Balaban J connectivity index is 1.45. The Hall–Kier alpha value is -3.30. The minimum atomic E-state index is -3.57. The summed E-state index contributed by atoms with van der Waals surface area (Å²) in [5.74, 6) is 0.582. The Morgan fingerprint density at radius 3 is 2.22 bits per heavy atom. The van der Waals surface area contributed by atoms with E-state index >= 15 is 0 Å². The molecule has 0 radical (unpaired) electrons. The fraction of sp³-hybridized carbons (Fsp3) is 0.370. The van der Waals surface area contributed by atoms with Crippen LogP contribution >= 0.6 is 0 Å². The molecule has 36 heavy (non-hydrogen) atoms. The van der Waals surface area contributed by atoms with Gasteiger partial charge < -0.3 is 10.2 Å². The fourth-order valence-electron chi connectivity index (χ4n) is 4.40. The molecule has 0 saturated carbocycles. The van der Waals surface area contributed by atoms with E-state index in [0.29, 0.717) is 24.3 Å². The molecule has 2 aromatic carbocycles. The van der Waals surface area contributed by atoms with Crippen LogP contribution in [0.3, 0.4) is 0 Å². The number of carbonyl (C=O) groups is 1. The monoisotopic (exact) mass is 507 g/mol. The molecule has 8 nitrogen and oxygen atoms in total. The molecule has 1 aliphatic rings. The molecule has 0 bridgehead atoms. The van der Waals surface area contributed by atoms with Crippen molar-refractivity contribution in [3.05, 3.63) is 66.2 Å². The van der Waals surface area contributed by atoms with E-state index in [-0.39, 0.29) is 10.8 Å². The van der Waals surface area contributed by atoms with Crippen molar-refractivity contribution in [2.75, 3.05) is 36.4 Å². The lowest BCUT2D eigenvalue weighted by Crippen LogP contribution is -2.30. The van der Waals surface area contributed by atoms with Gasteiger partial charge in [0.05, 0.1) is 10.6 Å². The summed E-state index contributed by atoms with van der Waals surface area (Å²) in [6.07, 6.45) is 4.89. The molecule has 0 spiro atoms. The number of hydrogen-bond donors (Lipinski definition) is 1. The number of sulfonamides is 1. The summed E-state index contributed by atoms with van der Waals surface area (Å²) in [5, 5.41) is 11.8. The van der Waals surface area contributed by atoms with Crippen LogP contribution in [0.4, 0.5) is 11.5 Å². The highest BCUT2D eigenvalue weighted by Gasteiger charge is 2.21. The van der Waals surface area contributed by atoms with Gasteiger partial charge in [-0.3, -0.25) is 4.79 Å². The summed E-state index contributed by atoms with van der Waals surface area (Å²) in [5.41, 5.74) is 2.58. The molecule has 1 aliphatic heterocycles. The van der Waals surface area contributed by atoms with Gasteiger partial charge in [0.15, 0.2) is 5.82 Å². The molecule has 2 heterocycles. The largest absolute Gasteiger partial charge is 0.355 e. The minimum Gasteiger partial charge on any atom is -0.355 e. The normalized spacial score (nSPS) is 14.5. The van der Waals surface area contributed by atoms with Crippen LogP contribution in [-0.2, 0) is 10.0 Å². The molecule has 1 amide bonds. The molecule has 0 atom stereocenters. The average Bonchev–Trinajstić information content (AvgIpc) is 3.19. The maximum Gasteiger partial charge on any atom is 0.255 e. The molecule has 4 rings (SSSR count). The van der Waals surface area contributed by atoms with Crippen molar-refractivity contribution in [3.63, 3.8) is 0 Å². The highest BCUT2D eigenvalue weighted by Crippen LogP contribution is 2.24. The van der Waals surface area contributed by atoms with Gasteiger partial charge in [-0.1, -0.05) is 38.8 Å². The number of amides is 1. The second-order valence-electron chi connectivity index (χ2n) is 8.83. The Labute approximate surface area is 213 Å². The molecule has 1 N–H and O–H groups in total. The molecule has 1 saturated heterocycles. The van der Waals surface area contributed by atoms with E-state index in [1.165, 1.54) is 54.3 Å². The Morgan fingerprint density at radius 1 is 0.917 bits per heavy atom. The predicted molar refractivity (Wildman–Crippen MR) is 143 cm³/mol. The van der Waals surface area contributed by atoms with Crippen molar-refractivity contribution in [1.82, 2.24) is 14.5 Å². The van der Waals surface area contributed by atoms with Gasteiger partial charge in [0.2, 0.25) is 10.0 Å². The summed E-state index contributed by atoms with van der Waals surface area (Å²) in [7, 11) is -3.57. The number of nitrogens with one attached hydrogen (secondary N) is 1. The summed E-state index contributed by atoms with van der Waals surface area (Å²) < 4.78 is 26.7. The first-order valence-electron chi connectivity index (χ1n) is 12.5. The number of nitrogens with zero attached hydrogens (tertiary/aromatic N) is 4. The van der Waals surface area contributed by atoms with Gasteiger partial charge in [0.1, 0.15) is 0 Å². The van der Waals surface area contributed by atoms with E-state index in [9.17, 15) is 13.2 Å². The van der Waals surface area contributed by atoms with E-state index in [1.807, 2.05) is 30.3 Å². The minimum absolute atomic E-state index is 0.173.